The average Bonchev–Trinajstić information content (AvgIpc) is 1.66. The molecular formula is C5H11N2O. The minimum atomic E-state index is 0.413. The second-order valence-corrected chi connectivity index (χ2v) is 1.81. The molecule has 0 atom stereocenters. The molecule has 1 radical (unpaired) electrons. The molecule has 0 rings (SSSR count). The van der Waals surface area contributed by atoms with Crippen LogP contribution in [-0.2, 0) is 4.79 Å². The molecule has 0 fully saturated rings. The minimum Gasteiger partial charge on any atom is -0.335 e. The van der Waals surface area contributed by atoms with E-state index in [0.29, 0.717) is 12.7 Å². The van der Waals surface area contributed by atoms with Crippen LogP contribution >= 0.6 is 0 Å². The molecule has 3 nitrogen and oxygen atoms in total. The monoisotopic (exact) mass is 115 g/mol. The van der Waals surface area contributed by atoms with Crippen LogP contribution < -0.4 is 10.6 Å². The van der Waals surface area contributed by atoms with Crippen molar-refractivity contribution in [2.75, 3.05) is 6.67 Å². The first kappa shape index (κ1) is 7.43. The maximum Gasteiger partial charge on any atom is 0.310 e. The van der Waals surface area contributed by atoms with Crippen molar-refractivity contribution in [3.05, 3.63) is 0 Å². The lowest BCUT2D eigenvalue weighted by Gasteiger charge is -2.04. The Kier molecular flexibility index (Phi) is 4.26. The highest BCUT2D eigenvalue weighted by Gasteiger charge is 1.86. The standard InChI is InChI=1S/C5H11N2O/c1-5(2)7-3-6-4-8/h5,7H,3H2,1-2H3,(H,6,8). The highest BCUT2D eigenvalue weighted by atomic mass is 16.1. The molecule has 0 saturated heterocycles. The Morgan fingerprint density at radius 3 is 2.62 bits per heavy atom. The molecule has 0 heterocycles. The van der Waals surface area contributed by atoms with Gasteiger partial charge in [0.15, 0.2) is 0 Å². The number of hydrogen-bond acceptors (Lipinski definition) is 2. The third-order valence-electron chi connectivity index (χ3n) is 0.671. The van der Waals surface area contributed by atoms with E-state index < -0.39 is 0 Å². The first-order valence-corrected chi connectivity index (χ1v) is 2.60. The van der Waals surface area contributed by atoms with Gasteiger partial charge in [0, 0.05) is 6.04 Å². The van der Waals surface area contributed by atoms with Gasteiger partial charge in [0.25, 0.3) is 0 Å². The third-order valence-corrected chi connectivity index (χ3v) is 0.671. The van der Waals surface area contributed by atoms with E-state index in [1.807, 2.05) is 13.8 Å². The lowest BCUT2D eigenvalue weighted by Crippen LogP contribution is -2.32. The van der Waals surface area contributed by atoms with E-state index in [-0.39, 0.29) is 0 Å². The smallest absolute Gasteiger partial charge is 0.310 e. The van der Waals surface area contributed by atoms with Crippen LogP contribution in [0.1, 0.15) is 13.8 Å². The van der Waals surface area contributed by atoms with Crippen LogP contribution in [0, 0.1) is 0 Å². The average molecular weight is 115 g/mol. The fourth-order valence-electron chi connectivity index (χ4n) is 0.291. The Morgan fingerprint density at radius 1 is 1.62 bits per heavy atom. The van der Waals surface area contributed by atoms with E-state index in [4.69, 9.17) is 0 Å². The highest BCUT2D eigenvalue weighted by Crippen LogP contribution is 1.69. The van der Waals surface area contributed by atoms with Crippen LogP contribution in [0.3, 0.4) is 0 Å². The predicted molar refractivity (Wildman–Crippen MR) is 32.0 cm³/mol. The summed E-state index contributed by atoms with van der Waals surface area (Å²) in [5, 5.41) is 5.34. The van der Waals surface area contributed by atoms with Crippen molar-refractivity contribution in [2.45, 2.75) is 19.9 Å². The lowest BCUT2D eigenvalue weighted by atomic mass is 10.4. The maximum absolute atomic E-state index is 9.51. The van der Waals surface area contributed by atoms with Crippen molar-refractivity contribution >= 4 is 6.41 Å². The fraction of sp³-hybridized carbons (Fsp3) is 0.800. The van der Waals surface area contributed by atoms with Crippen LogP contribution in [0.25, 0.3) is 0 Å². The molecule has 2 N–H and O–H groups in total. The Hall–Kier alpha value is -0.570. The van der Waals surface area contributed by atoms with Crippen molar-refractivity contribution < 1.29 is 4.79 Å². The van der Waals surface area contributed by atoms with Crippen LogP contribution in [0.4, 0.5) is 0 Å². The topological polar surface area (TPSA) is 41.1 Å². The zero-order valence-electron chi connectivity index (χ0n) is 5.19. The van der Waals surface area contributed by atoms with Gasteiger partial charge in [-0.15, -0.1) is 0 Å². The quantitative estimate of drug-likeness (QED) is 0.297. The van der Waals surface area contributed by atoms with Crippen molar-refractivity contribution in [2.24, 2.45) is 0 Å². The number of nitrogens with one attached hydrogen (secondary N) is 2. The van der Waals surface area contributed by atoms with Crippen molar-refractivity contribution in [3.8, 4) is 0 Å². The normalized spacial score (nSPS) is 9.38. The maximum atomic E-state index is 9.51. The molecule has 0 saturated carbocycles. The molecule has 3 heteroatoms. The second-order valence-electron chi connectivity index (χ2n) is 1.81. The van der Waals surface area contributed by atoms with Gasteiger partial charge in [-0.2, -0.15) is 0 Å². The van der Waals surface area contributed by atoms with E-state index in [9.17, 15) is 4.79 Å². The molecule has 0 aliphatic heterocycles. The summed E-state index contributed by atoms with van der Waals surface area (Å²) < 4.78 is 0. The number of rotatable bonds is 4. The van der Waals surface area contributed by atoms with Gasteiger partial charge in [-0.1, -0.05) is 0 Å². The minimum absolute atomic E-state index is 0.413. The van der Waals surface area contributed by atoms with Crippen LogP contribution in [-0.4, -0.2) is 19.1 Å². The summed E-state index contributed by atoms with van der Waals surface area (Å²) in [7, 11) is 0. The van der Waals surface area contributed by atoms with E-state index in [0.717, 1.165) is 0 Å². The molecular weight excluding hydrogens is 104 g/mol. The summed E-state index contributed by atoms with van der Waals surface area (Å²) in [6.45, 7) is 4.51. The van der Waals surface area contributed by atoms with Crippen molar-refractivity contribution in [1.82, 2.24) is 10.6 Å². The molecule has 8 heavy (non-hydrogen) atoms. The van der Waals surface area contributed by atoms with Crippen LogP contribution in [0.2, 0.25) is 0 Å². The molecule has 0 aliphatic carbocycles. The van der Waals surface area contributed by atoms with Gasteiger partial charge < -0.3 is 5.32 Å². The zero-order chi connectivity index (χ0) is 6.41. The summed E-state index contributed by atoms with van der Waals surface area (Å²) in [4.78, 5) is 9.51. The van der Waals surface area contributed by atoms with Crippen LogP contribution in [0.15, 0.2) is 0 Å². The molecule has 0 aromatic heterocycles. The van der Waals surface area contributed by atoms with Crippen molar-refractivity contribution in [1.29, 1.82) is 0 Å². The van der Waals surface area contributed by atoms with E-state index in [1.54, 1.807) is 6.41 Å². The molecule has 0 unspecified atom stereocenters. The number of carbonyl (C=O) groups excluding carboxylic acids is 1. The fourth-order valence-corrected chi connectivity index (χ4v) is 0.291. The third kappa shape index (κ3) is 5.43. The molecule has 0 aromatic rings. The van der Waals surface area contributed by atoms with E-state index >= 15 is 0 Å². The van der Waals surface area contributed by atoms with Gasteiger partial charge in [0.1, 0.15) is 0 Å². The Bertz CT molecular complexity index is 63.4. The highest BCUT2D eigenvalue weighted by molar-refractivity contribution is 5.46. The van der Waals surface area contributed by atoms with Gasteiger partial charge in [-0.25, -0.2) is 0 Å². The summed E-state index contributed by atoms with van der Waals surface area (Å²) in [5.41, 5.74) is 0. The summed E-state index contributed by atoms with van der Waals surface area (Å²) in [6, 6.07) is 0.413. The zero-order valence-corrected chi connectivity index (χ0v) is 5.19. The Balaban J connectivity index is 2.81. The van der Waals surface area contributed by atoms with Crippen molar-refractivity contribution in [3.63, 3.8) is 0 Å². The van der Waals surface area contributed by atoms with Gasteiger partial charge in [-0.3, -0.25) is 10.1 Å². The summed E-state index contributed by atoms with van der Waals surface area (Å²) in [5.74, 6) is 0. The first-order valence-electron chi connectivity index (χ1n) is 2.60. The number of amides is 1. The van der Waals surface area contributed by atoms with Gasteiger partial charge in [0.05, 0.1) is 6.67 Å². The van der Waals surface area contributed by atoms with Gasteiger partial charge >= 0.3 is 6.41 Å². The van der Waals surface area contributed by atoms with E-state index in [1.165, 1.54) is 0 Å². The molecule has 0 bridgehead atoms. The predicted octanol–water partition coefficient (Wildman–Crippen LogP) is -0.401. The molecule has 47 valence electrons. The van der Waals surface area contributed by atoms with Crippen LogP contribution in [0.5, 0.6) is 0 Å². The van der Waals surface area contributed by atoms with E-state index in [2.05, 4.69) is 10.6 Å². The largest absolute Gasteiger partial charge is 0.335 e. The molecule has 1 amide bonds. The number of hydrogen-bond donors (Lipinski definition) is 2. The summed E-state index contributed by atoms with van der Waals surface area (Å²) in [6.07, 6.45) is 1.56. The Morgan fingerprint density at radius 2 is 2.25 bits per heavy atom. The van der Waals surface area contributed by atoms with Gasteiger partial charge in [-0.05, 0) is 13.8 Å². The Labute approximate surface area is 49.5 Å². The molecule has 0 spiro atoms. The molecule has 0 aliphatic rings. The van der Waals surface area contributed by atoms with Gasteiger partial charge in [0.2, 0.25) is 0 Å². The first-order chi connectivity index (χ1) is 3.77. The summed E-state index contributed by atoms with van der Waals surface area (Å²) >= 11 is 0. The molecule has 0 aromatic carbocycles. The SMILES string of the molecule is CC(C)NCN[C]=O. The second kappa shape index (κ2) is 4.59. The lowest BCUT2D eigenvalue weighted by molar-refractivity contribution is 0.520.